The molecule has 6 heteroatoms. The molecule has 92 valence electrons. The Kier molecular flexibility index (Phi) is 3.41. The predicted octanol–water partition coefficient (Wildman–Crippen LogP) is 0.786. The number of hydrogen-bond acceptors (Lipinski definition) is 5. The normalized spacial score (nSPS) is 16.9. The van der Waals surface area contributed by atoms with E-state index in [0.29, 0.717) is 18.7 Å². The number of aliphatic carboxylic acids is 1. The second-order valence-corrected chi connectivity index (χ2v) is 4.06. The smallest absolute Gasteiger partial charge is 0.306 e. The van der Waals surface area contributed by atoms with Crippen molar-refractivity contribution in [3.8, 4) is 5.88 Å². The number of carboxylic acid groups (broad SMARTS) is 1. The van der Waals surface area contributed by atoms with Crippen molar-refractivity contribution >= 4 is 11.7 Å². The Labute approximate surface area is 99.2 Å². The molecule has 2 heterocycles. The fraction of sp³-hybridized carbons (Fsp3) is 0.545. The van der Waals surface area contributed by atoms with Crippen LogP contribution in [0.25, 0.3) is 0 Å². The van der Waals surface area contributed by atoms with Crippen LogP contribution >= 0.6 is 0 Å². The topological polar surface area (TPSA) is 75.5 Å². The Hall–Kier alpha value is -1.85. The third kappa shape index (κ3) is 2.64. The first kappa shape index (κ1) is 11.6. The van der Waals surface area contributed by atoms with E-state index in [-0.39, 0.29) is 5.92 Å². The van der Waals surface area contributed by atoms with Crippen LogP contribution in [0.5, 0.6) is 5.88 Å². The van der Waals surface area contributed by atoms with Gasteiger partial charge in [0.25, 0.3) is 0 Å². The van der Waals surface area contributed by atoms with Crippen LogP contribution in [0, 0.1) is 5.92 Å². The lowest BCUT2D eigenvalue weighted by atomic mass is 9.97. The first-order chi connectivity index (χ1) is 8.20. The molecule has 0 aliphatic carbocycles. The molecular formula is C11H15N3O3. The van der Waals surface area contributed by atoms with E-state index in [1.165, 1.54) is 0 Å². The summed E-state index contributed by atoms with van der Waals surface area (Å²) in [6.07, 6.45) is 3.00. The van der Waals surface area contributed by atoms with Crippen LogP contribution in [0.15, 0.2) is 12.3 Å². The van der Waals surface area contributed by atoms with Gasteiger partial charge in [-0.3, -0.25) is 4.79 Å². The molecule has 0 unspecified atom stereocenters. The van der Waals surface area contributed by atoms with Gasteiger partial charge in [0.05, 0.1) is 24.9 Å². The van der Waals surface area contributed by atoms with Gasteiger partial charge < -0.3 is 14.7 Å². The molecule has 0 radical (unpaired) electrons. The monoisotopic (exact) mass is 237 g/mol. The second kappa shape index (κ2) is 4.99. The van der Waals surface area contributed by atoms with Gasteiger partial charge in [0.1, 0.15) is 0 Å². The highest BCUT2D eigenvalue weighted by molar-refractivity contribution is 5.70. The van der Waals surface area contributed by atoms with E-state index in [1.807, 2.05) is 6.07 Å². The van der Waals surface area contributed by atoms with Crippen molar-refractivity contribution in [3.05, 3.63) is 12.3 Å². The molecule has 0 spiro atoms. The van der Waals surface area contributed by atoms with Gasteiger partial charge in [-0.05, 0) is 12.8 Å². The summed E-state index contributed by atoms with van der Waals surface area (Å²) < 4.78 is 5.01. The number of methoxy groups -OCH3 is 1. The minimum absolute atomic E-state index is 0.219. The predicted molar refractivity (Wildman–Crippen MR) is 61.2 cm³/mol. The third-order valence-corrected chi connectivity index (χ3v) is 3.04. The van der Waals surface area contributed by atoms with E-state index >= 15 is 0 Å². The van der Waals surface area contributed by atoms with Gasteiger partial charge in [0, 0.05) is 19.2 Å². The van der Waals surface area contributed by atoms with Crippen molar-refractivity contribution in [2.45, 2.75) is 12.8 Å². The summed E-state index contributed by atoms with van der Waals surface area (Å²) in [6, 6.07) is 1.81. The lowest BCUT2D eigenvalue weighted by molar-refractivity contribution is -0.142. The molecule has 17 heavy (non-hydrogen) atoms. The Morgan fingerprint density at radius 1 is 1.53 bits per heavy atom. The van der Waals surface area contributed by atoms with Crippen molar-refractivity contribution in [2.75, 3.05) is 25.1 Å². The molecule has 0 aromatic carbocycles. The van der Waals surface area contributed by atoms with Crippen LogP contribution in [0.1, 0.15) is 12.8 Å². The van der Waals surface area contributed by atoms with Gasteiger partial charge in [-0.1, -0.05) is 0 Å². The van der Waals surface area contributed by atoms with E-state index in [1.54, 1.807) is 13.3 Å². The minimum Gasteiger partial charge on any atom is -0.481 e. The maximum atomic E-state index is 10.8. The molecule has 1 aliphatic heterocycles. The Morgan fingerprint density at radius 2 is 2.24 bits per heavy atom. The molecule has 1 N–H and O–H groups in total. The Balaban J connectivity index is 2.02. The molecule has 2 rings (SSSR count). The van der Waals surface area contributed by atoms with Gasteiger partial charge >= 0.3 is 5.97 Å². The molecular weight excluding hydrogens is 222 g/mol. The number of piperidine rings is 1. The number of anilines is 1. The molecule has 1 saturated heterocycles. The molecule has 1 fully saturated rings. The zero-order chi connectivity index (χ0) is 12.3. The van der Waals surface area contributed by atoms with Crippen LogP contribution in [0.4, 0.5) is 5.69 Å². The van der Waals surface area contributed by atoms with E-state index in [0.717, 1.165) is 18.8 Å². The number of carbonyl (C=O) groups is 1. The number of nitrogens with zero attached hydrogens (tertiary/aromatic N) is 3. The summed E-state index contributed by atoms with van der Waals surface area (Å²) >= 11 is 0. The summed E-state index contributed by atoms with van der Waals surface area (Å²) in [5.74, 6) is -0.444. The third-order valence-electron chi connectivity index (χ3n) is 3.04. The summed E-state index contributed by atoms with van der Waals surface area (Å²) in [6.45, 7) is 1.46. The first-order valence-electron chi connectivity index (χ1n) is 5.55. The maximum Gasteiger partial charge on any atom is 0.306 e. The van der Waals surface area contributed by atoms with Crippen molar-refractivity contribution in [2.24, 2.45) is 5.92 Å². The highest BCUT2D eigenvalue weighted by atomic mass is 16.5. The highest BCUT2D eigenvalue weighted by Gasteiger charge is 2.24. The van der Waals surface area contributed by atoms with Gasteiger partial charge in [-0.25, -0.2) is 0 Å². The van der Waals surface area contributed by atoms with Crippen molar-refractivity contribution in [1.29, 1.82) is 0 Å². The van der Waals surface area contributed by atoms with Crippen LogP contribution < -0.4 is 9.64 Å². The Morgan fingerprint density at radius 3 is 2.82 bits per heavy atom. The fourth-order valence-corrected chi connectivity index (χ4v) is 1.99. The van der Waals surface area contributed by atoms with Crippen LogP contribution in [0.3, 0.4) is 0 Å². The van der Waals surface area contributed by atoms with Crippen LogP contribution in [0.2, 0.25) is 0 Å². The molecule has 6 nitrogen and oxygen atoms in total. The fourth-order valence-electron chi connectivity index (χ4n) is 1.99. The second-order valence-electron chi connectivity index (χ2n) is 4.06. The average molecular weight is 237 g/mol. The minimum atomic E-state index is -0.699. The largest absolute Gasteiger partial charge is 0.481 e. The standard InChI is InChI=1S/C11H15N3O3/c1-17-10-6-9(7-12-13-10)14-4-2-8(3-5-14)11(15)16/h6-8H,2-5H2,1H3,(H,15,16). The molecule has 1 aromatic heterocycles. The van der Waals surface area contributed by atoms with E-state index in [9.17, 15) is 4.79 Å². The molecule has 1 aromatic rings. The molecule has 1 aliphatic rings. The van der Waals surface area contributed by atoms with Crippen molar-refractivity contribution < 1.29 is 14.6 Å². The van der Waals surface area contributed by atoms with Crippen LogP contribution in [-0.4, -0.2) is 41.5 Å². The lowest BCUT2D eigenvalue weighted by Gasteiger charge is -2.31. The Bertz CT molecular complexity index is 403. The van der Waals surface area contributed by atoms with Gasteiger partial charge in [0.2, 0.25) is 5.88 Å². The molecule has 0 amide bonds. The number of rotatable bonds is 3. The van der Waals surface area contributed by atoms with Crippen molar-refractivity contribution in [3.63, 3.8) is 0 Å². The number of aromatic nitrogens is 2. The summed E-state index contributed by atoms with van der Waals surface area (Å²) in [5, 5.41) is 16.6. The zero-order valence-electron chi connectivity index (χ0n) is 9.67. The summed E-state index contributed by atoms with van der Waals surface area (Å²) in [4.78, 5) is 12.9. The quantitative estimate of drug-likeness (QED) is 0.837. The van der Waals surface area contributed by atoms with Gasteiger partial charge in [-0.2, -0.15) is 5.10 Å². The maximum absolute atomic E-state index is 10.8. The summed E-state index contributed by atoms with van der Waals surface area (Å²) in [7, 11) is 1.55. The summed E-state index contributed by atoms with van der Waals surface area (Å²) in [5.41, 5.74) is 0.931. The van der Waals surface area contributed by atoms with Crippen molar-refractivity contribution in [1.82, 2.24) is 10.2 Å². The number of ether oxygens (including phenoxy) is 1. The van der Waals surface area contributed by atoms with Crippen LogP contribution in [-0.2, 0) is 4.79 Å². The highest BCUT2D eigenvalue weighted by Crippen LogP contribution is 2.24. The van der Waals surface area contributed by atoms with E-state index < -0.39 is 5.97 Å². The molecule has 0 atom stereocenters. The SMILES string of the molecule is COc1cc(N2CCC(C(=O)O)CC2)cnn1. The first-order valence-corrected chi connectivity index (χ1v) is 5.55. The zero-order valence-corrected chi connectivity index (χ0v) is 9.67. The molecule has 0 saturated carbocycles. The van der Waals surface area contributed by atoms with E-state index in [2.05, 4.69) is 15.1 Å². The number of carboxylic acids is 1. The average Bonchev–Trinajstić information content (AvgIpc) is 2.39. The lowest BCUT2D eigenvalue weighted by Crippen LogP contribution is -2.36. The number of hydrogen-bond donors (Lipinski definition) is 1. The molecule has 0 bridgehead atoms. The van der Waals surface area contributed by atoms with Gasteiger partial charge in [-0.15, -0.1) is 5.10 Å². The van der Waals surface area contributed by atoms with E-state index in [4.69, 9.17) is 9.84 Å². The van der Waals surface area contributed by atoms with Gasteiger partial charge in [0.15, 0.2) is 0 Å².